The number of amides is 2. The maximum atomic E-state index is 12.0. The Morgan fingerprint density at radius 1 is 1.50 bits per heavy atom. The van der Waals surface area contributed by atoms with E-state index in [0.29, 0.717) is 26.1 Å². The minimum absolute atomic E-state index is 0.00324. The van der Waals surface area contributed by atoms with E-state index in [2.05, 4.69) is 10.2 Å². The standard InChI is InChI=1S/C11H19N3O2/c1-3-4-9(15)14-6-5-13(2)8-11(14)7-12-10(11)16/h3-8H2,1-2H3,(H,12,16). The van der Waals surface area contributed by atoms with Gasteiger partial charge in [-0.3, -0.25) is 9.59 Å². The van der Waals surface area contributed by atoms with Gasteiger partial charge in [0.05, 0.1) is 6.54 Å². The number of hydrogen-bond donors (Lipinski definition) is 1. The average molecular weight is 225 g/mol. The smallest absolute Gasteiger partial charge is 0.249 e. The van der Waals surface area contributed by atoms with E-state index in [4.69, 9.17) is 0 Å². The van der Waals surface area contributed by atoms with Crippen LogP contribution in [0.4, 0.5) is 0 Å². The summed E-state index contributed by atoms with van der Waals surface area (Å²) in [5, 5.41) is 2.76. The van der Waals surface area contributed by atoms with Gasteiger partial charge in [-0.1, -0.05) is 6.92 Å². The average Bonchev–Trinajstić information content (AvgIpc) is 2.27. The monoisotopic (exact) mass is 225 g/mol. The summed E-state index contributed by atoms with van der Waals surface area (Å²) >= 11 is 0. The van der Waals surface area contributed by atoms with Crippen LogP contribution >= 0.6 is 0 Å². The van der Waals surface area contributed by atoms with Crippen molar-refractivity contribution < 1.29 is 9.59 Å². The van der Waals surface area contributed by atoms with E-state index in [-0.39, 0.29) is 11.8 Å². The molecule has 0 aromatic heterocycles. The van der Waals surface area contributed by atoms with Gasteiger partial charge >= 0.3 is 0 Å². The molecule has 2 fully saturated rings. The molecule has 90 valence electrons. The minimum atomic E-state index is -0.570. The minimum Gasteiger partial charge on any atom is -0.351 e. The molecule has 0 radical (unpaired) electrons. The fourth-order valence-corrected chi connectivity index (χ4v) is 2.52. The Labute approximate surface area is 95.8 Å². The normalized spacial score (nSPS) is 30.1. The zero-order valence-corrected chi connectivity index (χ0v) is 9.95. The molecule has 2 aliphatic rings. The highest BCUT2D eigenvalue weighted by molar-refractivity contribution is 5.97. The van der Waals surface area contributed by atoms with Crippen molar-refractivity contribution in [2.45, 2.75) is 25.3 Å². The molecule has 2 heterocycles. The molecule has 5 heteroatoms. The number of carbonyl (C=O) groups excluding carboxylic acids is 2. The zero-order chi connectivity index (χ0) is 11.8. The molecular formula is C11H19N3O2. The first kappa shape index (κ1) is 11.4. The number of hydrogen-bond acceptors (Lipinski definition) is 3. The van der Waals surface area contributed by atoms with E-state index < -0.39 is 5.54 Å². The van der Waals surface area contributed by atoms with Crippen LogP contribution in [-0.2, 0) is 9.59 Å². The summed E-state index contributed by atoms with van der Waals surface area (Å²) < 4.78 is 0. The first-order valence-corrected chi connectivity index (χ1v) is 5.87. The van der Waals surface area contributed by atoms with E-state index in [1.807, 2.05) is 14.0 Å². The molecule has 2 aliphatic heterocycles. The van der Waals surface area contributed by atoms with Crippen LogP contribution in [0.15, 0.2) is 0 Å². The van der Waals surface area contributed by atoms with E-state index in [9.17, 15) is 9.59 Å². The summed E-state index contributed by atoms with van der Waals surface area (Å²) in [6, 6.07) is 0. The van der Waals surface area contributed by atoms with Crippen LogP contribution in [0.25, 0.3) is 0 Å². The highest BCUT2D eigenvalue weighted by Gasteiger charge is 2.54. The lowest BCUT2D eigenvalue weighted by atomic mass is 9.86. The zero-order valence-electron chi connectivity index (χ0n) is 9.95. The van der Waals surface area contributed by atoms with Crippen molar-refractivity contribution in [3.05, 3.63) is 0 Å². The molecule has 2 amide bonds. The van der Waals surface area contributed by atoms with Crippen LogP contribution in [0.1, 0.15) is 19.8 Å². The largest absolute Gasteiger partial charge is 0.351 e. The van der Waals surface area contributed by atoms with E-state index in [0.717, 1.165) is 13.0 Å². The van der Waals surface area contributed by atoms with Gasteiger partial charge < -0.3 is 15.1 Å². The number of likely N-dealkylation sites (N-methyl/N-ethyl adjacent to an activating group) is 1. The van der Waals surface area contributed by atoms with Crippen molar-refractivity contribution in [3.8, 4) is 0 Å². The summed E-state index contributed by atoms with van der Waals surface area (Å²) in [6.07, 6.45) is 1.38. The Balaban J connectivity index is 2.16. The van der Waals surface area contributed by atoms with E-state index >= 15 is 0 Å². The third kappa shape index (κ3) is 1.59. The highest BCUT2D eigenvalue weighted by atomic mass is 16.2. The van der Waals surface area contributed by atoms with Crippen LogP contribution < -0.4 is 5.32 Å². The van der Waals surface area contributed by atoms with Crippen LogP contribution in [0.3, 0.4) is 0 Å². The lowest BCUT2D eigenvalue weighted by Gasteiger charge is -2.53. The molecule has 1 atom stereocenters. The van der Waals surface area contributed by atoms with Crippen LogP contribution in [0, 0.1) is 0 Å². The molecule has 0 bridgehead atoms. The van der Waals surface area contributed by atoms with Gasteiger partial charge in [0, 0.05) is 26.1 Å². The number of nitrogens with zero attached hydrogens (tertiary/aromatic N) is 2. The van der Waals surface area contributed by atoms with Crippen molar-refractivity contribution >= 4 is 11.8 Å². The van der Waals surface area contributed by atoms with Gasteiger partial charge in [-0.25, -0.2) is 0 Å². The van der Waals surface area contributed by atoms with E-state index in [1.54, 1.807) is 4.90 Å². The number of carbonyl (C=O) groups is 2. The molecule has 0 aromatic carbocycles. The SMILES string of the molecule is CCCC(=O)N1CCN(C)CC12CNC2=O. The van der Waals surface area contributed by atoms with Crippen molar-refractivity contribution in [1.29, 1.82) is 0 Å². The van der Waals surface area contributed by atoms with Gasteiger partial charge in [-0.15, -0.1) is 0 Å². The Bertz CT molecular complexity index is 318. The van der Waals surface area contributed by atoms with Crippen molar-refractivity contribution in [2.24, 2.45) is 0 Å². The Kier molecular flexibility index (Phi) is 2.88. The summed E-state index contributed by atoms with van der Waals surface area (Å²) in [6.45, 7) is 4.77. The van der Waals surface area contributed by atoms with Crippen molar-refractivity contribution in [2.75, 3.05) is 33.2 Å². The molecule has 0 aliphatic carbocycles. The molecule has 1 spiro atoms. The highest BCUT2D eigenvalue weighted by Crippen LogP contribution is 2.27. The van der Waals surface area contributed by atoms with Crippen molar-refractivity contribution in [1.82, 2.24) is 15.1 Å². The third-order valence-electron chi connectivity index (χ3n) is 3.48. The van der Waals surface area contributed by atoms with Gasteiger partial charge in [-0.2, -0.15) is 0 Å². The summed E-state index contributed by atoms with van der Waals surface area (Å²) in [4.78, 5) is 27.6. The topological polar surface area (TPSA) is 52.7 Å². The third-order valence-corrected chi connectivity index (χ3v) is 3.48. The first-order valence-electron chi connectivity index (χ1n) is 5.87. The second-order valence-corrected chi connectivity index (χ2v) is 4.75. The van der Waals surface area contributed by atoms with Crippen LogP contribution in [0.5, 0.6) is 0 Å². The number of rotatable bonds is 2. The quantitative estimate of drug-likeness (QED) is 0.640. The summed E-state index contributed by atoms with van der Waals surface area (Å²) in [5.74, 6) is 0.119. The predicted molar refractivity (Wildman–Crippen MR) is 59.9 cm³/mol. The van der Waals surface area contributed by atoms with Gasteiger partial charge in [0.2, 0.25) is 11.8 Å². The molecule has 1 N–H and O–H groups in total. The predicted octanol–water partition coefficient (Wildman–Crippen LogP) is -0.571. The maximum Gasteiger partial charge on any atom is 0.249 e. The van der Waals surface area contributed by atoms with Crippen molar-refractivity contribution in [3.63, 3.8) is 0 Å². The van der Waals surface area contributed by atoms with Gasteiger partial charge in [0.1, 0.15) is 0 Å². The Morgan fingerprint density at radius 3 is 2.75 bits per heavy atom. The second kappa shape index (κ2) is 4.05. The van der Waals surface area contributed by atoms with Crippen LogP contribution in [-0.4, -0.2) is 60.4 Å². The molecule has 16 heavy (non-hydrogen) atoms. The fourth-order valence-electron chi connectivity index (χ4n) is 2.52. The summed E-state index contributed by atoms with van der Waals surface area (Å²) in [7, 11) is 2.00. The lowest BCUT2D eigenvalue weighted by molar-refractivity contribution is -0.161. The van der Waals surface area contributed by atoms with Gasteiger partial charge in [0.15, 0.2) is 5.54 Å². The molecule has 5 nitrogen and oxygen atoms in total. The molecular weight excluding hydrogens is 206 g/mol. The van der Waals surface area contributed by atoms with E-state index in [1.165, 1.54) is 0 Å². The molecule has 0 aromatic rings. The summed E-state index contributed by atoms with van der Waals surface area (Å²) in [5.41, 5.74) is -0.570. The molecule has 1 unspecified atom stereocenters. The second-order valence-electron chi connectivity index (χ2n) is 4.75. The maximum absolute atomic E-state index is 12.0. The number of piperazine rings is 1. The van der Waals surface area contributed by atoms with Gasteiger partial charge in [-0.05, 0) is 13.5 Å². The molecule has 0 saturated carbocycles. The first-order chi connectivity index (χ1) is 7.60. The number of β-lactam (4-membered cyclic amide) rings is 1. The van der Waals surface area contributed by atoms with Crippen LogP contribution in [0.2, 0.25) is 0 Å². The molecule has 2 saturated heterocycles. The lowest BCUT2D eigenvalue weighted by Crippen LogP contribution is -2.79. The number of nitrogens with one attached hydrogen (secondary N) is 1. The Hall–Kier alpha value is -1.10. The Morgan fingerprint density at radius 2 is 2.25 bits per heavy atom. The molecule has 2 rings (SSSR count). The fraction of sp³-hybridized carbons (Fsp3) is 0.818. The van der Waals surface area contributed by atoms with Gasteiger partial charge in [0.25, 0.3) is 0 Å².